The van der Waals surface area contributed by atoms with Crippen LogP contribution in [0.15, 0.2) is 23.1 Å². The van der Waals surface area contributed by atoms with Gasteiger partial charge in [-0.2, -0.15) is 0 Å². The quantitative estimate of drug-likeness (QED) is 0.512. The van der Waals surface area contributed by atoms with E-state index in [2.05, 4.69) is 22.4 Å². The molecule has 0 amide bonds. The molecule has 2 saturated heterocycles. The number of hydrogen-bond donors (Lipinski definition) is 1. The molecule has 1 aromatic rings. The molecule has 2 aliphatic heterocycles. The van der Waals surface area contributed by atoms with Gasteiger partial charge in [0, 0.05) is 37.4 Å². The summed E-state index contributed by atoms with van der Waals surface area (Å²) in [5, 5.41) is 10.8. The minimum atomic E-state index is -0.388. The Morgan fingerprint density at radius 1 is 1.32 bits per heavy atom. The highest BCUT2D eigenvalue weighted by Crippen LogP contribution is 2.30. The van der Waals surface area contributed by atoms with Gasteiger partial charge in [-0.05, 0) is 31.5 Å². The van der Waals surface area contributed by atoms with Gasteiger partial charge in [-0.3, -0.25) is 15.0 Å². The second-order valence-electron chi connectivity index (χ2n) is 5.21. The van der Waals surface area contributed by atoms with Crippen molar-refractivity contribution in [3.8, 4) is 0 Å². The minimum absolute atomic E-state index is 0.0755. The summed E-state index contributed by atoms with van der Waals surface area (Å²) >= 11 is 4.22. The van der Waals surface area contributed by atoms with Crippen LogP contribution in [0.3, 0.4) is 0 Å². The first-order valence-corrected chi connectivity index (χ1v) is 7.06. The topological polar surface area (TPSA) is 49.6 Å². The summed E-state index contributed by atoms with van der Waals surface area (Å²) < 4.78 is 0. The Morgan fingerprint density at radius 3 is 2.89 bits per heavy atom. The smallest absolute Gasteiger partial charge is 0.282 e. The number of hydrogen-bond acceptors (Lipinski definition) is 5. The third kappa shape index (κ3) is 2.42. The molecule has 102 valence electrons. The number of rotatable bonds is 2. The Kier molecular flexibility index (Phi) is 3.36. The Balaban J connectivity index is 1.79. The molecule has 1 atom stereocenters. The molecule has 0 bridgehead atoms. The number of benzene rings is 1. The monoisotopic (exact) mass is 279 g/mol. The fraction of sp³-hybridized carbons (Fsp3) is 0.538. The molecule has 0 N–H and O–H groups in total. The van der Waals surface area contributed by atoms with Crippen LogP contribution < -0.4 is 4.90 Å². The van der Waals surface area contributed by atoms with Crippen LogP contribution in [0.25, 0.3) is 0 Å². The van der Waals surface area contributed by atoms with Crippen molar-refractivity contribution >= 4 is 24.0 Å². The van der Waals surface area contributed by atoms with Gasteiger partial charge < -0.3 is 4.90 Å². The summed E-state index contributed by atoms with van der Waals surface area (Å²) in [5.74, 6) is 0. The van der Waals surface area contributed by atoms with Gasteiger partial charge in [0.2, 0.25) is 0 Å². The lowest BCUT2D eigenvalue weighted by Crippen LogP contribution is -2.50. The van der Waals surface area contributed by atoms with Gasteiger partial charge in [-0.1, -0.05) is 0 Å². The Morgan fingerprint density at radius 2 is 2.16 bits per heavy atom. The molecule has 1 aromatic carbocycles. The summed E-state index contributed by atoms with van der Waals surface area (Å²) in [6.45, 7) is 4.31. The number of fused-ring (bicyclic) bond motifs is 1. The van der Waals surface area contributed by atoms with E-state index in [1.165, 1.54) is 19.4 Å². The van der Waals surface area contributed by atoms with Crippen molar-refractivity contribution in [3.05, 3.63) is 28.3 Å². The number of nitro benzene ring substituents is 1. The van der Waals surface area contributed by atoms with Crippen molar-refractivity contribution in [3.63, 3.8) is 0 Å². The number of nitrogens with zero attached hydrogens (tertiary/aromatic N) is 3. The van der Waals surface area contributed by atoms with E-state index in [-0.39, 0.29) is 10.6 Å². The number of anilines is 1. The van der Waals surface area contributed by atoms with Crippen LogP contribution in [-0.4, -0.2) is 42.0 Å². The molecule has 0 radical (unpaired) electrons. The fourth-order valence-electron chi connectivity index (χ4n) is 3.09. The third-order valence-electron chi connectivity index (χ3n) is 4.11. The van der Waals surface area contributed by atoms with Crippen molar-refractivity contribution < 1.29 is 4.92 Å². The van der Waals surface area contributed by atoms with Crippen LogP contribution in [0.4, 0.5) is 11.4 Å². The molecule has 3 rings (SSSR count). The molecule has 0 aliphatic carbocycles. The maximum atomic E-state index is 10.8. The summed E-state index contributed by atoms with van der Waals surface area (Å²) in [4.78, 5) is 15.7. The zero-order valence-electron chi connectivity index (χ0n) is 10.7. The number of thiol groups is 1. The summed E-state index contributed by atoms with van der Waals surface area (Å²) in [7, 11) is 0. The van der Waals surface area contributed by atoms with Crippen molar-refractivity contribution in [1.29, 1.82) is 0 Å². The van der Waals surface area contributed by atoms with Gasteiger partial charge in [0.05, 0.1) is 9.82 Å². The molecular weight excluding hydrogens is 262 g/mol. The molecule has 0 unspecified atom stereocenters. The van der Waals surface area contributed by atoms with Crippen LogP contribution in [0.2, 0.25) is 0 Å². The summed E-state index contributed by atoms with van der Waals surface area (Å²) in [6, 6.07) is 5.85. The fourth-order valence-corrected chi connectivity index (χ4v) is 3.38. The van der Waals surface area contributed by atoms with E-state index in [9.17, 15) is 10.1 Å². The van der Waals surface area contributed by atoms with E-state index < -0.39 is 0 Å². The predicted molar refractivity (Wildman–Crippen MR) is 77.2 cm³/mol. The maximum absolute atomic E-state index is 10.8. The van der Waals surface area contributed by atoms with Crippen molar-refractivity contribution in [2.24, 2.45) is 0 Å². The molecular formula is C13H17N3O2S. The zero-order valence-corrected chi connectivity index (χ0v) is 11.6. The Labute approximate surface area is 117 Å². The first-order chi connectivity index (χ1) is 9.15. The van der Waals surface area contributed by atoms with E-state index in [1.807, 2.05) is 12.1 Å². The number of piperazine rings is 1. The molecule has 0 saturated carbocycles. The van der Waals surface area contributed by atoms with Crippen LogP contribution in [0, 0.1) is 10.1 Å². The van der Waals surface area contributed by atoms with Gasteiger partial charge in [-0.15, -0.1) is 12.6 Å². The highest BCUT2D eigenvalue weighted by Gasteiger charge is 2.30. The van der Waals surface area contributed by atoms with Gasteiger partial charge in [0.1, 0.15) is 0 Å². The Hall–Kier alpha value is -1.27. The van der Waals surface area contributed by atoms with Gasteiger partial charge >= 0.3 is 0 Å². The van der Waals surface area contributed by atoms with E-state index in [0.29, 0.717) is 10.9 Å². The largest absolute Gasteiger partial charge is 0.369 e. The standard InChI is InChI=1S/C13H17N3O2S/c17-16(18)12-4-3-10(8-13(12)19)15-7-6-14-5-1-2-11(14)9-15/h3-4,8,11,19H,1-2,5-7,9H2/t11-/m1/s1. The molecule has 2 aliphatic rings. The summed E-state index contributed by atoms with van der Waals surface area (Å²) in [5.41, 5.74) is 1.12. The molecule has 2 heterocycles. The molecule has 0 spiro atoms. The molecule has 0 aromatic heterocycles. The SMILES string of the molecule is O=[N+]([O-])c1ccc(N2CCN3CCC[C@@H]3C2)cc1S. The number of nitro groups is 1. The second-order valence-corrected chi connectivity index (χ2v) is 5.69. The first kappa shape index (κ1) is 12.7. The lowest BCUT2D eigenvalue weighted by Gasteiger charge is -2.38. The lowest BCUT2D eigenvalue weighted by atomic mass is 10.1. The van der Waals surface area contributed by atoms with E-state index in [0.717, 1.165) is 25.3 Å². The normalized spacial score (nSPS) is 23.4. The minimum Gasteiger partial charge on any atom is -0.369 e. The predicted octanol–water partition coefficient (Wildman–Crippen LogP) is 2.17. The first-order valence-electron chi connectivity index (χ1n) is 6.61. The van der Waals surface area contributed by atoms with Crippen LogP contribution >= 0.6 is 12.6 Å². The maximum Gasteiger partial charge on any atom is 0.282 e. The van der Waals surface area contributed by atoms with Gasteiger partial charge in [0.15, 0.2) is 0 Å². The highest BCUT2D eigenvalue weighted by atomic mass is 32.1. The van der Waals surface area contributed by atoms with Crippen molar-refractivity contribution in [2.45, 2.75) is 23.8 Å². The molecule has 19 heavy (non-hydrogen) atoms. The van der Waals surface area contributed by atoms with Crippen LogP contribution in [0.1, 0.15) is 12.8 Å². The average molecular weight is 279 g/mol. The van der Waals surface area contributed by atoms with Crippen LogP contribution in [0.5, 0.6) is 0 Å². The third-order valence-corrected chi connectivity index (χ3v) is 4.47. The van der Waals surface area contributed by atoms with Gasteiger partial charge in [0.25, 0.3) is 5.69 Å². The molecule has 6 heteroatoms. The average Bonchev–Trinajstić information content (AvgIpc) is 2.85. The van der Waals surface area contributed by atoms with Gasteiger partial charge in [-0.25, -0.2) is 0 Å². The second kappa shape index (κ2) is 5.02. The molecule has 5 nitrogen and oxygen atoms in total. The molecule has 2 fully saturated rings. The zero-order chi connectivity index (χ0) is 13.4. The van der Waals surface area contributed by atoms with E-state index >= 15 is 0 Å². The highest BCUT2D eigenvalue weighted by molar-refractivity contribution is 7.80. The summed E-state index contributed by atoms with van der Waals surface area (Å²) in [6.07, 6.45) is 2.55. The van der Waals surface area contributed by atoms with E-state index in [1.54, 1.807) is 6.07 Å². The van der Waals surface area contributed by atoms with Crippen molar-refractivity contribution in [2.75, 3.05) is 31.1 Å². The van der Waals surface area contributed by atoms with E-state index in [4.69, 9.17) is 0 Å². The Bertz CT molecular complexity index is 509. The van der Waals surface area contributed by atoms with Crippen LogP contribution in [-0.2, 0) is 0 Å². The lowest BCUT2D eigenvalue weighted by molar-refractivity contribution is -0.387. The van der Waals surface area contributed by atoms with Crippen molar-refractivity contribution in [1.82, 2.24) is 4.90 Å².